The Kier molecular flexibility index (Phi) is 3.70. The Labute approximate surface area is 104 Å². The fourth-order valence-corrected chi connectivity index (χ4v) is 1.30. The van der Waals surface area contributed by atoms with Crippen LogP contribution in [0, 0.1) is 6.92 Å². The Bertz CT molecular complexity index is 530. The number of hydrogen-bond donors (Lipinski definition) is 3. The number of benzene rings is 1. The molecule has 0 radical (unpaired) electrons. The predicted molar refractivity (Wildman–Crippen MR) is 68.8 cm³/mol. The smallest absolute Gasteiger partial charge is 0.314 e. The van der Waals surface area contributed by atoms with E-state index >= 15 is 0 Å². The van der Waals surface area contributed by atoms with Gasteiger partial charge >= 0.3 is 6.03 Å². The standard InChI is InChI=1S/C12H13N5O/c1-9-2-4-10(5-3-9)6-7-13-12(18)16-11-14-8-15-17-11/h2-8H,1H3,(H3,13,14,15,16,17,18)/b7-6+. The highest BCUT2D eigenvalue weighted by molar-refractivity contribution is 5.88. The Hall–Kier alpha value is -2.63. The van der Waals surface area contributed by atoms with Crippen molar-refractivity contribution in [2.45, 2.75) is 6.92 Å². The highest BCUT2D eigenvalue weighted by Crippen LogP contribution is 2.04. The topological polar surface area (TPSA) is 82.7 Å². The van der Waals surface area contributed by atoms with Crippen molar-refractivity contribution in [3.8, 4) is 0 Å². The van der Waals surface area contributed by atoms with Crippen molar-refractivity contribution in [1.82, 2.24) is 20.5 Å². The van der Waals surface area contributed by atoms with Gasteiger partial charge in [0.15, 0.2) is 0 Å². The molecular formula is C12H13N5O. The van der Waals surface area contributed by atoms with E-state index in [9.17, 15) is 4.79 Å². The van der Waals surface area contributed by atoms with E-state index in [1.807, 2.05) is 31.2 Å². The van der Waals surface area contributed by atoms with Crippen LogP contribution in [0.25, 0.3) is 6.08 Å². The van der Waals surface area contributed by atoms with Gasteiger partial charge in [0.25, 0.3) is 0 Å². The summed E-state index contributed by atoms with van der Waals surface area (Å²) in [6, 6.07) is 7.59. The largest absolute Gasteiger partial charge is 0.325 e. The van der Waals surface area contributed by atoms with Crippen LogP contribution >= 0.6 is 0 Å². The number of carbonyl (C=O) groups is 1. The van der Waals surface area contributed by atoms with Gasteiger partial charge in [-0.25, -0.2) is 9.89 Å². The van der Waals surface area contributed by atoms with E-state index in [1.54, 1.807) is 12.3 Å². The second-order valence-corrected chi connectivity index (χ2v) is 3.68. The Morgan fingerprint density at radius 1 is 1.33 bits per heavy atom. The fraction of sp³-hybridized carbons (Fsp3) is 0.0833. The average Bonchev–Trinajstić information content (AvgIpc) is 2.84. The van der Waals surface area contributed by atoms with E-state index in [-0.39, 0.29) is 6.03 Å². The van der Waals surface area contributed by atoms with Gasteiger partial charge in [-0.1, -0.05) is 29.8 Å². The molecule has 2 amide bonds. The van der Waals surface area contributed by atoms with Gasteiger partial charge in [0, 0.05) is 6.20 Å². The lowest BCUT2D eigenvalue weighted by Gasteiger charge is -1.99. The molecule has 2 aromatic rings. The van der Waals surface area contributed by atoms with Gasteiger partial charge in [0.2, 0.25) is 5.95 Å². The third kappa shape index (κ3) is 3.44. The maximum Gasteiger partial charge on any atom is 0.325 e. The van der Waals surface area contributed by atoms with Crippen molar-refractivity contribution in [2.24, 2.45) is 0 Å². The SMILES string of the molecule is Cc1ccc(/C=C/NC(=O)Nc2ncn[nH]2)cc1. The van der Waals surface area contributed by atoms with Crippen LogP contribution in [0.3, 0.4) is 0 Å². The van der Waals surface area contributed by atoms with Crippen LogP contribution in [-0.2, 0) is 0 Å². The number of aromatic amines is 1. The number of aromatic nitrogens is 3. The van der Waals surface area contributed by atoms with Crippen molar-refractivity contribution < 1.29 is 4.79 Å². The van der Waals surface area contributed by atoms with Crippen molar-refractivity contribution in [2.75, 3.05) is 5.32 Å². The monoisotopic (exact) mass is 243 g/mol. The second kappa shape index (κ2) is 5.62. The van der Waals surface area contributed by atoms with E-state index in [4.69, 9.17) is 0 Å². The lowest BCUT2D eigenvalue weighted by Crippen LogP contribution is -2.24. The zero-order valence-corrected chi connectivity index (χ0v) is 9.84. The molecule has 1 heterocycles. The second-order valence-electron chi connectivity index (χ2n) is 3.68. The minimum Gasteiger partial charge on any atom is -0.314 e. The molecule has 0 saturated carbocycles. The van der Waals surface area contributed by atoms with Gasteiger partial charge in [-0.2, -0.15) is 10.1 Å². The number of rotatable bonds is 3. The molecule has 2 rings (SSSR count). The first-order valence-corrected chi connectivity index (χ1v) is 5.40. The van der Waals surface area contributed by atoms with E-state index in [1.165, 1.54) is 11.9 Å². The minimum absolute atomic E-state index is 0.302. The van der Waals surface area contributed by atoms with Crippen molar-refractivity contribution in [3.05, 3.63) is 47.9 Å². The van der Waals surface area contributed by atoms with Crippen LogP contribution in [0.4, 0.5) is 10.7 Å². The molecule has 0 unspecified atom stereocenters. The highest BCUT2D eigenvalue weighted by Gasteiger charge is 1.99. The molecule has 0 aliphatic heterocycles. The lowest BCUT2D eigenvalue weighted by atomic mass is 10.1. The van der Waals surface area contributed by atoms with Crippen LogP contribution in [0.15, 0.2) is 36.8 Å². The number of anilines is 1. The molecule has 6 nitrogen and oxygen atoms in total. The molecule has 0 atom stereocenters. The number of nitrogens with zero attached hydrogens (tertiary/aromatic N) is 2. The Balaban J connectivity index is 1.84. The van der Waals surface area contributed by atoms with E-state index in [0.29, 0.717) is 5.95 Å². The summed E-state index contributed by atoms with van der Waals surface area (Å²) in [5, 5.41) is 11.2. The van der Waals surface area contributed by atoms with Gasteiger partial charge in [0.1, 0.15) is 6.33 Å². The van der Waals surface area contributed by atoms with E-state index < -0.39 is 0 Å². The minimum atomic E-state index is -0.380. The quantitative estimate of drug-likeness (QED) is 0.770. The Morgan fingerprint density at radius 3 is 2.78 bits per heavy atom. The van der Waals surface area contributed by atoms with Gasteiger partial charge in [-0.3, -0.25) is 5.32 Å². The molecule has 0 aliphatic carbocycles. The zero-order valence-electron chi connectivity index (χ0n) is 9.84. The number of amides is 2. The molecule has 92 valence electrons. The summed E-state index contributed by atoms with van der Waals surface area (Å²) in [6.45, 7) is 2.02. The maximum absolute atomic E-state index is 11.4. The molecule has 0 spiro atoms. The lowest BCUT2D eigenvalue weighted by molar-refractivity contribution is 0.255. The average molecular weight is 243 g/mol. The van der Waals surface area contributed by atoms with Crippen LogP contribution in [0.2, 0.25) is 0 Å². The number of nitrogens with one attached hydrogen (secondary N) is 3. The fourth-order valence-electron chi connectivity index (χ4n) is 1.30. The third-order valence-electron chi connectivity index (χ3n) is 2.21. The number of aryl methyl sites for hydroxylation is 1. The molecule has 1 aromatic heterocycles. The first kappa shape index (κ1) is 11.8. The first-order chi connectivity index (χ1) is 8.74. The summed E-state index contributed by atoms with van der Waals surface area (Å²) in [5.74, 6) is 0.302. The summed E-state index contributed by atoms with van der Waals surface area (Å²) in [6.07, 6.45) is 4.69. The van der Waals surface area contributed by atoms with Gasteiger partial charge in [0.05, 0.1) is 0 Å². The molecule has 6 heteroatoms. The maximum atomic E-state index is 11.4. The summed E-state index contributed by atoms with van der Waals surface area (Å²) < 4.78 is 0. The summed E-state index contributed by atoms with van der Waals surface area (Å²) in [7, 11) is 0. The van der Waals surface area contributed by atoms with E-state index in [0.717, 1.165) is 5.56 Å². The van der Waals surface area contributed by atoms with Gasteiger partial charge < -0.3 is 5.32 Å². The predicted octanol–water partition coefficient (Wildman–Crippen LogP) is 1.91. The van der Waals surface area contributed by atoms with E-state index in [2.05, 4.69) is 25.8 Å². The molecule has 18 heavy (non-hydrogen) atoms. The third-order valence-corrected chi connectivity index (χ3v) is 2.21. The van der Waals surface area contributed by atoms with Crippen molar-refractivity contribution in [3.63, 3.8) is 0 Å². The van der Waals surface area contributed by atoms with Crippen LogP contribution in [0.5, 0.6) is 0 Å². The molecule has 0 fully saturated rings. The van der Waals surface area contributed by atoms with Crippen molar-refractivity contribution >= 4 is 18.1 Å². The Morgan fingerprint density at radius 2 is 2.11 bits per heavy atom. The number of urea groups is 1. The molecule has 1 aromatic carbocycles. The van der Waals surface area contributed by atoms with Crippen LogP contribution < -0.4 is 10.6 Å². The first-order valence-electron chi connectivity index (χ1n) is 5.40. The summed E-state index contributed by atoms with van der Waals surface area (Å²) >= 11 is 0. The normalized spacial score (nSPS) is 10.5. The summed E-state index contributed by atoms with van der Waals surface area (Å²) in [5.41, 5.74) is 2.21. The molecule has 3 N–H and O–H groups in total. The number of H-pyrrole nitrogens is 1. The highest BCUT2D eigenvalue weighted by atomic mass is 16.2. The van der Waals surface area contributed by atoms with Crippen LogP contribution in [-0.4, -0.2) is 21.2 Å². The number of carbonyl (C=O) groups excluding carboxylic acids is 1. The molecule has 0 bridgehead atoms. The molecular weight excluding hydrogens is 230 g/mol. The number of hydrogen-bond acceptors (Lipinski definition) is 3. The molecule has 0 saturated heterocycles. The van der Waals surface area contributed by atoms with Crippen LogP contribution in [0.1, 0.15) is 11.1 Å². The van der Waals surface area contributed by atoms with Crippen molar-refractivity contribution in [1.29, 1.82) is 0 Å². The zero-order chi connectivity index (χ0) is 12.8. The summed E-state index contributed by atoms with van der Waals surface area (Å²) in [4.78, 5) is 15.2. The van der Waals surface area contributed by atoms with Gasteiger partial charge in [-0.15, -0.1) is 0 Å². The van der Waals surface area contributed by atoms with Gasteiger partial charge in [-0.05, 0) is 18.6 Å². The molecule has 0 aliphatic rings.